The molecule has 2 aromatic heterocycles. The zero-order chi connectivity index (χ0) is 19.8. The van der Waals surface area contributed by atoms with Crippen LogP contribution in [-0.4, -0.2) is 11.5 Å². The summed E-state index contributed by atoms with van der Waals surface area (Å²) in [5.74, 6) is 1.38. The first-order valence-corrected chi connectivity index (χ1v) is 9.74. The number of nitrogens with one attached hydrogen (secondary N) is 1. The summed E-state index contributed by atoms with van der Waals surface area (Å²) in [7, 11) is 0. The molecule has 0 aliphatic carbocycles. The molecule has 0 fully saturated rings. The van der Waals surface area contributed by atoms with Crippen molar-refractivity contribution in [2.45, 2.75) is 13.3 Å². The van der Waals surface area contributed by atoms with Crippen molar-refractivity contribution in [3.8, 4) is 22.8 Å². The van der Waals surface area contributed by atoms with E-state index in [0.29, 0.717) is 11.6 Å². The number of hydrogen-bond acceptors (Lipinski definition) is 5. The van der Waals surface area contributed by atoms with E-state index >= 15 is 0 Å². The number of nitrogens with zero attached hydrogens (tertiary/aromatic N) is 1. The van der Waals surface area contributed by atoms with Crippen LogP contribution in [0.15, 0.2) is 75.8 Å². The number of furan rings is 1. The van der Waals surface area contributed by atoms with Crippen LogP contribution in [0.4, 0.5) is 11.4 Å². The van der Waals surface area contributed by atoms with Crippen molar-refractivity contribution >= 4 is 33.2 Å². The molecular weight excluding hydrogens is 362 g/mol. The second-order valence-corrected chi connectivity index (χ2v) is 7.09. The molecule has 0 spiro atoms. The number of fused-ring (bicyclic) bond motifs is 2. The minimum Gasteiger partial charge on any atom is -0.463 e. The van der Waals surface area contributed by atoms with Gasteiger partial charge in [0.05, 0.1) is 11.8 Å². The van der Waals surface area contributed by atoms with Gasteiger partial charge in [-0.3, -0.25) is 0 Å². The monoisotopic (exact) mass is 383 g/mol. The van der Waals surface area contributed by atoms with E-state index in [1.807, 2.05) is 54.6 Å². The minimum absolute atomic E-state index is 0.548. The van der Waals surface area contributed by atoms with Gasteiger partial charge < -0.3 is 19.9 Å². The molecule has 0 unspecified atom stereocenters. The van der Waals surface area contributed by atoms with Gasteiger partial charge in [-0.05, 0) is 42.8 Å². The third-order valence-corrected chi connectivity index (χ3v) is 5.00. The van der Waals surface area contributed by atoms with Crippen LogP contribution >= 0.6 is 0 Å². The van der Waals surface area contributed by atoms with Gasteiger partial charge in [0, 0.05) is 34.3 Å². The normalized spacial score (nSPS) is 11.3. The van der Waals surface area contributed by atoms with Crippen LogP contribution in [0.3, 0.4) is 0 Å². The Bertz CT molecular complexity index is 1320. The summed E-state index contributed by atoms with van der Waals surface area (Å²) in [6.45, 7) is 3.00. The van der Waals surface area contributed by atoms with Crippen molar-refractivity contribution in [1.82, 2.24) is 4.98 Å². The molecule has 0 amide bonds. The van der Waals surface area contributed by atoms with E-state index < -0.39 is 0 Å². The summed E-state index contributed by atoms with van der Waals surface area (Å²) in [4.78, 5) is 4.74. The largest absolute Gasteiger partial charge is 0.463 e. The van der Waals surface area contributed by atoms with Crippen LogP contribution < -0.4 is 11.1 Å². The van der Waals surface area contributed by atoms with Crippen LogP contribution in [-0.2, 0) is 0 Å². The summed E-state index contributed by atoms with van der Waals surface area (Å²) < 4.78 is 11.9. The molecule has 0 saturated carbocycles. The van der Waals surface area contributed by atoms with Crippen molar-refractivity contribution in [3.05, 3.63) is 66.9 Å². The Kier molecular flexibility index (Phi) is 4.21. The molecule has 0 aliphatic rings. The molecule has 0 aliphatic heterocycles. The summed E-state index contributed by atoms with van der Waals surface area (Å²) in [5.41, 5.74) is 11.0. The van der Waals surface area contributed by atoms with E-state index in [1.54, 1.807) is 6.26 Å². The quantitative estimate of drug-likeness (QED) is 0.348. The molecule has 5 heteroatoms. The number of oxazole rings is 1. The van der Waals surface area contributed by atoms with Gasteiger partial charge in [0.1, 0.15) is 11.3 Å². The van der Waals surface area contributed by atoms with Gasteiger partial charge in [-0.1, -0.05) is 31.2 Å². The third kappa shape index (κ3) is 3.10. The molecule has 5 nitrogen and oxygen atoms in total. The summed E-state index contributed by atoms with van der Waals surface area (Å²) in [6.07, 6.45) is 2.80. The molecule has 5 aromatic rings. The number of benzene rings is 3. The van der Waals surface area contributed by atoms with Crippen molar-refractivity contribution in [3.63, 3.8) is 0 Å². The first-order chi connectivity index (χ1) is 14.2. The van der Waals surface area contributed by atoms with Gasteiger partial charge in [0.25, 0.3) is 0 Å². The lowest BCUT2D eigenvalue weighted by Gasteiger charge is -2.09. The summed E-state index contributed by atoms with van der Waals surface area (Å²) in [5, 5.41) is 5.58. The lowest BCUT2D eigenvalue weighted by atomic mass is 10.1. The molecule has 3 aromatic carbocycles. The lowest BCUT2D eigenvalue weighted by molar-refractivity contribution is 0.587. The topological polar surface area (TPSA) is 77.2 Å². The number of hydrogen-bond donors (Lipinski definition) is 2. The highest BCUT2D eigenvalue weighted by Crippen LogP contribution is 2.35. The Balaban J connectivity index is 1.60. The molecular formula is C24H21N3O2. The summed E-state index contributed by atoms with van der Waals surface area (Å²) >= 11 is 0. The summed E-state index contributed by atoms with van der Waals surface area (Å²) in [6, 6.07) is 19.8. The van der Waals surface area contributed by atoms with E-state index in [2.05, 4.69) is 18.3 Å². The number of aromatic nitrogens is 1. The van der Waals surface area contributed by atoms with Crippen LogP contribution in [0.25, 0.3) is 44.7 Å². The SMILES string of the molecule is CCCNc1ccc(N)cc1-c1nc2cc(-c3occ4ccccc34)ccc2o1. The maximum absolute atomic E-state index is 6.05. The zero-order valence-corrected chi connectivity index (χ0v) is 16.1. The van der Waals surface area contributed by atoms with Crippen LogP contribution in [0.5, 0.6) is 0 Å². The van der Waals surface area contributed by atoms with E-state index in [1.165, 1.54) is 0 Å². The average Bonchev–Trinajstić information content (AvgIpc) is 3.36. The number of rotatable bonds is 5. The average molecular weight is 383 g/mol. The second-order valence-electron chi connectivity index (χ2n) is 7.09. The zero-order valence-electron chi connectivity index (χ0n) is 16.1. The minimum atomic E-state index is 0.548. The van der Waals surface area contributed by atoms with Crippen LogP contribution in [0.1, 0.15) is 13.3 Å². The Morgan fingerprint density at radius 2 is 1.93 bits per heavy atom. The Morgan fingerprint density at radius 3 is 2.83 bits per heavy atom. The fourth-order valence-corrected chi connectivity index (χ4v) is 3.55. The molecule has 0 radical (unpaired) electrons. The highest BCUT2D eigenvalue weighted by Gasteiger charge is 2.15. The van der Waals surface area contributed by atoms with Gasteiger partial charge in [0.2, 0.25) is 5.89 Å². The predicted molar refractivity (Wildman–Crippen MR) is 118 cm³/mol. The molecule has 0 bridgehead atoms. The van der Waals surface area contributed by atoms with E-state index in [9.17, 15) is 0 Å². The first-order valence-electron chi connectivity index (χ1n) is 9.74. The fourth-order valence-electron chi connectivity index (χ4n) is 3.55. The van der Waals surface area contributed by atoms with Crippen molar-refractivity contribution in [1.29, 1.82) is 0 Å². The highest BCUT2D eigenvalue weighted by molar-refractivity contribution is 5.96. The molecule has 2 heterocycles. The van der Waals surface area contributed by atoms with E-state index in [-0.39, 0.29) is 0 Å². The molecule has 5 rings (SSSR count). The number of nitrogen functional groups attached to an aromatic ring is 1. The Morgan fingerprint density at radius 1 is 1.03 bits per heavy atom. The van der Waals surface area contributed by atoms with Gasteiger partial charge in [0.15, 0.2) is 5.58 Å². The molecule has 29 heavy (non-hydrogen) atoms. The smallest absolute Gasteiger partial charge is 0.229 e. The molecule has 0 saturated heterocycles. The van der Waals surface area contributed by atoms with Crippen molar-refractivity contribution in [2.24, 2.45) is 0 Å². The van der Waals surface area contributed by atoms with Crippen molar-refractivity contribution in [2.75, 3.05) is 17.6 Å². The number of anilines is 2. The predicted octanol–water partition coefficient (Wildman–Crippen LogP) is 6.31. The van der Waals surface area contributed by atoms with Crippen molar-refractivity contribution < 1.29 is 8.83 Å². The fraction of sp³-hybridized carbons (Fsp3) is 0.125. The highest BCUT2D eigenvalue weighted by atomic mass is 16.3. The van der Waals surface area contributed by atoms with E-state index in [0.717, 1.165) is 57.4 Å². The third-order valence-electron chi connectivity index (χ3n) is 5.00. The van der Waals surface area contributed by atoms with Gasteiger partial charge in [-0.2, -0.15) is 0 Å². The standard InChI is InChI=1S/C24H21N3O2/c1-2-11-26-20-9-8-17(25)13-19(20)24-27-21-12-15(7-10-22(21)29-24)23-18-6-4-3-5-16(18)14-28-23/h3-10,12-14,26H,2,11,25H2,1H3. The van der Waals surface area contributed by atoms with Crippen LogP contribution in [0.2, 0.25) is 0 Å². The molecule has 3 N–H and O–H groups in total. The van der Waals surface area contributed by atoms with Gasteiger partial charge in [-0.25, -0.2) is 4.98 Å². The maximum Gasteiger partial charge on any atom is 0.229 e. The number of nitrogens with two attached hydrogens (primary N) is 1. The van der Waals surface area contributed by atoms with Crippen LogP contribution in [0, 0.1) is 0 Å². The Hall–Kier alpha value is -3.73. The molecule has 0 atom stereocenters. The van der Waals surface area contributed by atoms with E-state index in [4.69, 9.17) is 19.6 Å². The van der Waals surface area contributed by atoms with Gasteiger partial charge >= 0.3 is 0 Å². The van der Waals surface area contributed by atoms with Gasteiger partial charge in [-0.15, -0.1) is 0 Å². The maximum atomic E-state index is 6.05. The first kappa shape index (κ1) is 17.4. The molecule has 144 valence electrons. The lowest BCUT2D eigenvalue weighted by Crippen LogP contribution is -2.02. The second kappa shape index (κ2) is 7.02. The Labute approximate surface area is 168 Å².